The normalized spacial score (nSPS) is 23.4. The Morgan fingerprint density at radius 1 is 1.39 bits per heavy atom. The molecule has 3 rings (SSSR count). The van der Waals surface area contributed by atoms with Crippen LogP contribution in [0.3, 0.4) is 0 Å². The molecule has 2 N–H and O–H groups in total. The minimum absolute atomic E-state index is 0.0104. The van der Waals surface area contributed by atoms with Gasteiger partial charge in [0.25, 0.3) is 5.56 Å². The van der Waals surface area contributed by atoms with Gasteiger partial charge in [0, 0.05) is 45.5 Å². The van der Waals surface area contributed by atoms with Crippen LogP contribution >= 0.6 is 0 Å². The average Bonchev–Trinajstić information content (AvgIpc) is 2.83. The highest BCUT2D eigenvalue weighted by molar-refractivity contribution is 5.78. The van der Waals surface area contributed by atoms with Crippen LogP contribution in [0.25, 0.3) is 0 Å². The molecule has 0 spiro atoms. The quantitative estimate of drug-likeness (QED) is 0.799. The molecule has 0 bridgehead atoms. The Labute approximate surface area is 134 Å². The third-order valence-corrected chi connectivity index (χ3v) is 4.52. The molecule has 0 unspecified atom stereocenters. The number of aromatic nitrogens is 1. The zero-order chi connectivity index (χ0) is 16.4. The summed E-state index contributed by atoms with van der Waals surface area (Å²) in [7, 11) is 1.79. The summed E-state index contributed by atoms with van der Waals surface area (Å²) in [4.78, 5) is 38.9. The second kappa shape index (κ2) is 6.31. The number of piperidine rings is 1. The van der Waals surface area contributed by atoms with E-state index in [4.69, 9.17) is 0 Å². The number of likely N-dealkylation sites (tertiary alicyclic amines) is 1. The van der Waals surface area contributed by atoms with E-state index in [-0.39, 0.29) is 29.7 Å². The van der Waals surface area contributed by atoms with Crippen LogP contribution in [0.15, 0.2) is 29.2 Å². The molecular formula is C15H21N5O3. The number of fused-ring (bicyclic) bond motifs is 1. The fourth-order valence-corrected chi connectivity index (χ4v) is 3.18. The number of amides is 4. The van der Waals surface area contributed by atoms with Crippen molar-refractivity contribution < 1.29 is 9.59 Å². The molecule has 3 heterocycles. The fourth-order valence-electron chi connectivity index (χ4n) is 3.18. The topological polar surface area (TPSA) is 86.7 Å². The lowest BCUT2D eigenvalue weighted by Gasteiger charge is -2.35. The number of nitrogens with zero attached hydrogens (tertiary/aromatic N) is 3. The Morgan fingerprint density at radius 3 is 3.00 bits per heavy atom. The van der Waals surface area contributed by atoms with Crippen molar-refractivity contribution in [1.82, 2.24) is 25.0 Å². The van der Waals surface area contributed by atoms with Crippen LogP contribution in [-0.4, -0.2) is 65.2 Å². The van der Waals surface area contributed by atoms with Gasteiger partial charge in [0.1, 0.15) is 0 Å². The molecule has 1 aromatic rings. The summed E-state index contributed by atoms with van der Waals surface area (Å²) in [5, 5.41) is 5.73. The SMILES string of the molecule is CN1C(=O)N[C@@H]2CN(C(=O)NCCn3ccccc3=O)CC[C@@H]21. The van der Waals surface area contributed by atoms with Crippen LogP contribution in [0, 0.1) is 0 Å². The van der Waals surface area contributed by atoms with Crippen molar-refractivity contribution in [3.63, 3.8) is 0 Å². The Hall–Kier alpha value is -2.51. The lowest BCUT2D eigenvalue weighted by Crippen LogP contribution is -2.55. The van der Waals surface area contributed by atoms with Gasteiger partial charge in [-0.15, -0.1) is 0 Å². The monoisotopic (exact) mass is 319 g/mol. The molecule has 0 saturated carbocycles. The first-order valence-electron chi connectivity index (χ1n) is 7.78. The van der Waals surface area contributed by atoms with E-state index in [1.54, 1.807) is 39.7 Å². The van der Waals surface area contributed by atoms with E-state index < -0.39 is 0 Å². The van der Waals surface area contributed by atoms with Gasteiger partial charge in [0.05, 0.1) is 12.1 Å². The van der Waals surface area contributed by atoms with E-state index >= 15 is 0 Å². The van der Waals surface area contributed by atoms with Crippen molar-refractivity contribution in [1.29, 1.82) is 0 Å². The third-order valence-electron chi connectivity index (χ3n) is 4.52. The second-order valence-electron chi connectivity index (χ2n) is 5.93. The van der Waals surface area contributed by atoms with E-state index in [1.165, 1.54) is 6.07 Å². The van der Waals surface area contributed by atoms with E-state index in [1.807, 2.05) is 0 Å². The van der Waals surface area contributed by atoms with Gasteiger partial charge < -0.3 is 25.0 Å². The summed E-state index contributed by atoms with van der Waals surface area (Å²) in [6, 6.07) is 4.88. The van der Waals surface area contributed by atoms with Crippen molar-refractivity contribution >= 4 is 12.1 Å². The highest BCUT2D eigenvalue weighted by atomic mass is 16.2. The van der Waals surface area contributed by atoms with Gasteiger partial charge in [-0.3, -0.25) is 4.79 Å². The van der Waals surface area contributed by atoms with Gasteiger partial charge in [-0.1, -0.05) is 6.07 Å². The Bertz CT molecular complexity index is 659. The number of rotatable bonds is 3. The summed E-state index contributed by atoms with van der Waals surface area (Å²) < 4.78 is 1.55. The van der Waals surface area contributed by atoms with Crippen molar-refractivity contribution in [3.8, 4) is 0 Å². The molecule has 0 aliphatic carbocycles. The molecule has 1 aromatic heterocycles. The van der Waals surface area contributed by atoms with Gasteiger partial charge in [0.15, 0.2) is 0 Å². The van der Waals surface area contributed by atoms with Crippen LogP contribution in [0.2, 0.25) is 0 Å². The Kier molecular flexibility index (Phi) is 4.22. The Morgan fingerprint density at radius 2 is 2.22 bits per heavy atom. The summed E-state index contributed by atoms with van der Waals surface area (Å²) in [5.41, 5.74) is -0.0840. The number of urea groups is 2. The van der Waals surface area contributed by atoms with Crippen molar-refractivity contribution in [2.75, 3.05) is 26.7 Å². The maximum Gasteiger partial charge on any atom is 0.317 e. The van der Waals surface area contributed by atoms with Crippen LogP contribution < -0.4 is 16.2 Å². The maximum atomic E-state index is 12.2. The highest BCUT2D eigenvalue weighted by Gasteiger charge is 2.41. The number of carbonyl (C=O) groups is 2. The van der Waals surface area contributed by atoms with E-state index in [9.17, 15) is 14.4 Å². The molecule has 2 aliphatic heterocycles. The van der Waals surface area contributed by atoms with Crippen LogP contribution in [0.4, 0.5) is 9.59 Å². The maximum absolute atomic E-state index is 12.2. The van der Waals surface area contributed by atoms with Crippen LogP contribution in [0.1, 0.15) is 6.42 Å². The second-order valence-corrected chi connectivity index (χ2v) is 5.93. The lowest BCUT2D eigenvalue weighted by molar-refractivity contribution is 0.153. The highest BCUT2D eigenvalue weighted by Crippen LogP contribution is 2.21. The van der Waals surface area contributed by atoms with Crippen LogP contribution in [0.5, 0.6) is 0 Å². The molecule has 0 aromatic carbocycles. The first-order chi connectivity index (χ1) is 11.1. The van der Waals surface area contributed by atoms with Gasteiger partial charge in [0.2, 0.25) is 0 Å². The third kappa shape index (κ3) is 3.15. The number of carbonyl (C=O) groups excluding carboxylic acids is 2. The zero-order valence-corrected chi connectivity index (χ0v) is 13.1. The van der Waals surface area contributed by atoms with Crippen molar-refractivity contribution in [2.24, 2.45) is 0 Å². The summed E-state index contributed by atoms with van der Waals surface area (Å²) >= 11 is 0. The molecule has 4 amide bonds. The molecule has 124 valence electrons. The summed E-state index contributed by atoms with van der Waals surface area (Å²) in [6.07, 6.45) is 2.47. The lowest BCUT2D eigenvalue weighted by atomic mass is 10.0. The summed E-state index contributed by atoms with van der Waals surface area (Å²) in [6.45, 7) is 1.96. The van der Waals surface area contributed by atoms with Gasteiger partial charge in [-0.25, -0.2) is 9.59 Å². The minimum atomic E-state index is -0.156. The molecule has 2 saturated heterocycles. The molecule has 0 radical (unpaired) electrons. The smallest absolute Gasteiger partial charge is 0.317 e. The summed E-state index contributed by atoms with van der Waals surface area (Å²) in [5.74, 6) is 0. The van der Waals surface area contributed by atoms with Gasteiger partial charge in [-0.05, 0) is 12.5 Å². The molecule has 23 heavy (non-hydrogen) atoms. The standard InChI is InChI=1S/C15H21N5O3/c1-18-12-5-8-20(10-11(12)17-15(18)23)14(22)16-6-9-19-7-3-2-4-13(19)21/h2-4,7,11-12H,5-6,8-10H2,1H3,(H,16,22)(H,17,23)/t11-,12+/m1/s1. The molecule has 8 heteroatoms. The number of nitrogens with one attached hydrogen (secondary N) is 2. The molecule has 2 aliphatic rings. The van der Waals surface area contributed by atoms with E-state index in [0.717, 1.165) is 6.42 Å². The van der Waals surface area contributed by atoms with Crippen molar-refractivity contribution in [2.45, 2.75) is 25.0 Å². The molecular weight excluding hydrogens is 298 g/mol. The average molecular weight is 319 g/mol. The fraction of sp³-hybridized carbons (Fsp3) is 0.533. The van der Waals surface area contributed by atoms with E-state index in [2.05, 4.69) is 10.6 Å². The number of hydrogen-bond donors (Lipinski definition) is 2. The first kappa shape index (κ1) is 15.4. The van der Waals surface area contributed by atoms with Gasteiger partial charge in [-0.2, -0.15) is 0 Å². The largest absolute Gasteiger partial charge is 0.336 e. The first-order valence-corrected chi connectivity index (χ1v) is 7.78. The molecule has 2 fully saturated rings. The van der Waals surface area contributed by atoms with Crippen molar-refractivity contribution in [3.05, 3.63) is 34.7 Å². The minimum Gasteiger partial charge on any atom is -0.336 e. The van der Waals surface area contributed by atoms with Crippen LogP contribution in [-0.2, 0) is 6.54 Å². The zero-order valence-electron chi connectivity index (χ0n) is 13.1. The number of likely N-dealkylation sites (N-methyl/N-ethyl adjacent to an activating group) is 1. The van der Waals surface area contributed by atoms with Gasteiger partial charge >= 0.3 is 12.1 Å². The predicted octanol–water partition coefficient (Wildman–Crippen LogP) is -0.344. The van der Waals surface area contributed by atoms with E-state index in [0.29, 0.717) is 26.2 Å². The Balaban J connectivity index is 1.49. The predicted molar refractivity (Wildman–Crippen MR) is 84.2 cm³/mol. The number of pyridine rings is 1. The molecule has 2 atom stereocenters. The number of hydrogen-bond acceptors (Lipinski definition) is 3. The molecule has 8 nitrogen and oxygen atoms in total.